The van der Waals surface area contributed by atoms with E-state index < -0.39 is 0 Å². The molecule has 0 atom stereocenters. The molecule has 0 N–H and O–H groups in total. The molecule has 0 unspecified atom stereocenters. The molecule has 0 aliphatic carbocycles. The zero-order chi connectivity index (χ0) is 20.9. The molecule has 0 bridgehead atoms. The van der Waals surface area contributed by atoms with Gasteiger partial charge >= 0.3 is 0 Å². The Labute approximate surface area is 183 Å². The molecule has 0 fully saturated rings. The van der Waals surface area contributed by atoms with E-state index in [4.69, 9.17) is 16.0 Å². The van der Waals surface area contributed by atoms with Crippen molar-refractivity contribution in [2.45, 2.75) is 11.7 Å². The summed E-state index contributed by atoms with van der Waals surface area (Å²) in [5.41, 5.74) is 1.82. The molecule has 2 heterocycles. The van der Waals surface area contributed by atoms with Gasteiger partial charge in [0.25, 0.3) is 0 Å². The molecule has 0 spiro atoms. The van der Waals surface area contributed by atoms with Gasteiger partial charge in [0.1, 0.15) is 5.76 Å². The summed E-state index contributed by atoms with van der Waals surface area (Å²) in [7, 11) is 1.76. The lowest BCUT2D eigenvalue weighted by Crippen LogP contribution is -2.27. The lowest BCUT2D eigenvalue weighted by atomic mass is 10.2. The monoisotopic (exact) mass is 438 g/mol. The van der Waals surface area contributed by atoms with Crippen LogP contribution in [-0.2, 0) is 11.3 Å². The van der Waals surface area contributed by atoms with Crippen LogP contribution in [0.1, 0.15) is 5.76 Å². The second-order valence-corrected chi connectivity index (χ2v) is 7.98. The van der Waals surface area contributed by atoms with E-state index >= 15 is 0 Å². The molecule has 4 aromatic rings. The molecule has 4 rings (SSSR count). The lowest BCUT2D eigenvalue weighted by Gasteiger charge is -2.15. The smallest absolute Gasteiger partial charge is 0.233 e. The van der Waals surface area contributed by atoms with Crippen LogP contribution in [0.2, 0.25) is 5.02 Å². The highest BCUT2D eigenvalue weighted by molar-refractivity contribution is 7.99. The van der Waals surface area contributed by atoms with Crippen molar-refractivity contribution in [2.75, 3.05) is 12.8 Å². The summed E-state index contributed by atoms with van der Waals surface area (Å²) in [6.07, 6.45) is 1.60. The number of amides is 1. The Morgan fingerprint density at radius 3 is 2.53 bits per heavy atom. The predicted octanol–water partition coefficient (Wildman–Crippen LogP) is 4.93. The van der Waals surface area contributed by atoms with E-state index in [0.717, 1.165) is 17.0 Å². The van der Waals surface area contributed by atoms with Crippen LogP contribution in [0.15, 0.2) is 82.6 Å². The van der Waals surface area contributed by atoms with Crippen LogP contribution >= 0.6 is 23.4 Å². The fourth-order valence-corrected chi connectivity index (χ4v) is 3.94. The van der Waals surface area contributed by atoms with E-state index in [1.165, 1.54) is 11.8 Å². The molecule has 0 aliphatic heterocycles. The second kappa shape index (κ2) is 9.19. The third-order valence-corrected chi connectivity index (χ3v) is 5.64. The van der Waals surface area contributed by atoms with Crippen LogP contribution in [0.4, 0.5) is 0 Å². The van der Waals surface area contributed by atoms with Gasteiger partial charge < -0.3 is 9.32 Å². The highest BCUT2D eigenvalue weighted by Gasteiger charge is 2.18. The molecule has 2 aromatic heterocycles. The van der Waals surface area contributed by atoms with Crippen molar-refractivity contribution in [1.29, 1.82) is 0 Å². The Morgan fingerprint density at radius 1 is 1.07 bits per heavy atom. The number of halogens is 1. The number of hydrogen-bond acceptors (Lipinski definition) is 5. The molecular formula is C22H19ClN4O2S. The van der Waals surface area contributed by atoms with Gasteiger partial charge in [-0.2, -0.15) is 0 Å². The maximum Gasteiger partial charge on any atom is 0.233 e. The standard InChI is InChI=1S/C22H19ClN4O2S/c1-26(14-19-8-5-13-29-19)20(28)15-30-22-25-24-21(16-9-11-17(23)12-10-16)27(22)18-6-3-2-4-7-18/h2-13H,14-15H2,1H3. The number of nitrogens with zero attached hydrogens (tertiary/aromatic N) is 4. The van der Waals surface area contributed by atoms with E-state index in [1.807, 2.05) is 71.3 Å². The Hall–Kier alpha value is -3.03. The van der Waals surface area contributed by atoms with Gasteiger partial charge in [0.15, 0.2) is 11.0 Å². The molecule has 6 nitrogen and oxygen atoms in total. The Balaban J connectivity index is 1.57. The number of thioether (sulfide) groups is 1. The Kier molecular flexibility index (Phi) is 6.21. The van der Waals surface area contributed by atoms with E-state index in [1.54, 1.807) is 18.2 Å². The first kappa shape index (κ1) is 20.3. The summed E-state index contributed by atoms with van der Waals surface area (Å²) in [5.74, 6) is 1.65. The van der Waals surface area contributed by atoms with Crippen molar-refractivity contribution in [3.05, 3.63) is 83.8 Å². The van der Waals surface area contributed by atoms with Gasteiger partial charge in [0, 0.05) is 23.3 Å². The average molecular weight is 439 g/mol. The fourth-order valence-electron chi connectivity index (χ4n) is 2.92. The summed E-state index contributed by atoms with van der Waals surface area (Å²) >= 11 is 7.38. The lowest BCUT2D eigenvalue weighted by molar-refractivity contribution is -0.127. The quantitative estimate of drug-likeness (QED) is 0.383. The minimum atomic E-state index is -0.0212. The van der Waals surface area contributed by atoms with E-state index in [2.05, 4.69) is 10.2 Å². The number of aromatic nitrogens is 3. The van der Waals surface area contributed by atoms with Gasteiger partial charge in [0.2, 0.25) is 5.91 Å². The largest absolute Gasteiger partial charge is 0.467 e. The number of benzene rings is 2. The van der Waals surface area contributed by atoms with Crippen molar-refractivity contribution in [1.82, 2.24) is 19.7 Å². The van der Waals surface area contributed by atoms with Gasteiger partial charge in [-0.25, -0.2) is 0 Å². The second-order valence-electron chi connectivity index (χ2n) is 6.60. The molecule has 0 radical (unpaired) electrons. The van der Waals surface area contributed by atoms with Crippen LogP contribution in [0, 0.1) is 0 Å². The van der Waals surface area contributed by atoms with Crippen LogP contribution in [-0.4, -0.2) is 38.4 Å². The summed E-state index contributed by atoms with van der Waals surface area (Å²) in [6, 6.07) is 20.9. The fraction of sp³-hybridized carbons (Fsp3) is 0.136. The molecule has 0 saturated carbocycles. The van der Waals surface area contributed by atoms with Gasteiger partial charge in [-0.3, -0.25) is 9.36 Å². The zero-order valence-electron chi connectivity index (χ0n) is 16.2. The first-order valence-corrected chi connectivity index (χ1v) is 10.6. The first-order valence-electron chi connectivity index (χ1n) is 9.28. The first-order chi connectivity index (χ1) is 14.6. The van der Waals surface area contributed by atoms with Crippen molar-refractivity contribution < 1.29 is 9.21 Å². The number of para-hydroxylation sites is 1. The predicted molar refractivity (Wildman–Crippen MR) is 118 cm³/mol. The SMILES string of the molecule is CN(Cc1ccco1)C(=O)CSc1nnc(-c2ccc(Cl)cc2)n1-c1ccccc1. The summed E-state index contributed by atoms with van der Waals surface area (Å²) < 4.78 is 7.27. The maximum atomic E-state index is 12.6. The van der Waals surface area contributed by atoms with Gasteiger partial charge in [0.05, 0.1) is 18.6 Å². The molecular weight excluding hydrogens is 420 g/mol. The minimum Gasteiger partial charge on any atom is -0.467 e. The van der Waals surface area contributed by atoms with Gasteiger partial charge in [-0.1, -0.05) is 41.6 Å². The molecule has 0 saturated heterocycles. The summed E-state index contributed by atoms with van der Waals surface area (Å²) in [6.45, 7) is 0.424. The zero-order valence-corrected chi connectivity index (χ0v) is 17.8. The number of furan rings is 1. The van der Waals surface area contributed by atoms with Gasteiger partial charge in [-0.15, -0.1) is 10.2 Å². The average Bonchev–Trinajstić information content (AvgIpc) is 3.43. The van der Waals surface area contributed by atoms with E-state index in [0.29, 0.717) is 22.5 Å². The molecule has 2 aromatic carbocycles. The number of carbonyl (C=O) groups is 1. The Morgan fingerprint density at radius 2 is 1.83 bits per heavy atom. The maximum absolute atomic E-state index is 12.6. The van der Waals surface area contributed by atoms with Crippen LogP contribution in [0.25, 0.3) is 17.1 Å². The van der Waals surface area contributed by atoms with Crippen LogP contribution in [0.5, 0.6) is 0 Å². The molecule has 8 heteroatoms. The third-order valence-electron chi connectivity index (χ3n) is 4.47. The topological polar surface area (TPSA) is 64.2 Å². The molecule has 1 amide bonds. The number of hydrogen-bond donors (Lipinski definition) is 0. The highest BCUT2D eigenvalue weighted by Crippen LogP contribution is 2.28. The Bertz CT molecular complexity index is 1110. The third kappa shape index (κ3) is 4.58. The van der Waals surface area contributed by atoms with Crippen molar-refractivity contribution in [3.63, 3.8) is 0 Å². The van der Waals surface area contributed by atoms with Gasteiger partial charge in [-0.05, 0) is 48.5 Å². The minimum absolute atomic E-state index is 0.0212. The molecule has 30 heavy (non-hydrogen) atoms. The molecule has 0 aliphatic rings. The molecule has 152 valence electrons. The van der Waals surface area contributed by atoms with Crippen LogP contribution < -0.4 is 0 Å². The van der Waals surface area contributed by atoms with Crippen molar-refractivity contribution in [3.8, 4) is 17.1 Å². The number of carbonyl (C=O) groups excluding carboxylic acids is 1. The summed E-state index contributed by atoms with van der Waals surface area (Å²) in [4.78, 5) is 14.2. The van der Waals surface area contributed by atoms with Crippen LogP contribution in [0.3, 0.4) is 0 Å². The van der Waals surface area contributed by atoms with Crippen molar-refractivity contribution in [2.24, 2.45) is 0 Å². The number of rotatable bonds is 7. The van der Waals surface area contributed by atoms with E-state index in [-0.39, 0.29) is 11.7 Å². The highest BCUT2D eigenvalue weighted by atomic mass is 35.5. The van der Waals surface area contributed by atoms with Crippen molar-refractivity contribution >= 4 is 29.3 Å². The van der Waals surface area contributed by atoms with E-state index in [9.17, 15) is 4.79 Å². The summed E-state index contributed by atoms with van der Waals surface area (Å²) in [5, 5.41) is 10.0. The normalized spacial score (nSPS) is 10.9.